The van der Waals surface area contributed by atoms with Gasteiger partial charge in [0, 0.05) is 89.2 Å². The van der Waals surface area contributed by atoms with Gasteiger partial charge in [-0.15, -0.1) is 0 Å². The van der Waals surface area contributed by atoms with Crippen LogP contribution in [0.25, 0.3) is 88.1 Å². The van der Waals surface area contributed by atoms with E-state index in [1.165, 1.54) is 88.9 Å². The first-order valence-electron chi connectivity index (χ1n) is 22.4. The van der Waals surface area contributed by atoms with Gasteiger partial charge in [-0.3, -0.25) is 0 Å². The molecule has 14 heteroatoms. The van der Waals surface area contributed by atoms with Crippen molar-refractivity contribution in [2.45, 2.75) is 48.4 Å². The third-order valence-electron chi connectivity index (χ3n) is 11.4. The largest absolute Gasteiger partial charge is 1.00 e. The van der Waals surface area contributed by atoms with Crippen molar-refractivity contribution in [3.63, 3.8) is 0 Å². The molecule has 0 saturated heterocycles. The fraction of sp³-hybridized carbons (Fsp3) is 0.185. The molecule has 0 bridgehead atoms. The van der Waals surface area contributed by atoms with E-state index in [-0.39, 0.29) is 18.4 Å². The maximum atomic E-state index is 7.61. The van der Waals surface area contributed by atoms with Gasteiger partial charge >= 0.3 is 49.9 Å². The van der Waals surface area contributed by atoms with Crippen LogP contribution >= 0.6 is 18.6 Å². The fourth-order valence-corrected chi connectivity index (χ4v) is 8.59. The molecule has 68 heavy (non-hydrogen) atoms. The van der Waals surface area contributed by atoms with Crippen molar-refractivity contribution in [1.82, 2.24) is 38.6 Å². The van der Waals surface area contributed by atoms with Crippen LogP contribution in [0.1, 0.15) is 37.5 Å². The molecule has 2 aliphatic heterocycles. The predicted octanol–water partition coefficient (Wildman–Crippen LogP) is 9.82. The van der Waals surface area contributed by atoms with Crippen molar-refractivity contribution in [2.24, 2.45) is 21.1 Å². The molecule has 4 aromatic carbocycles. The van der Waals surface area contributed by atoms with Crippen LogP contribution in [-0.4, -0.2) is 61.5 Å². The minimum atomic E-state index is -1.17. The summed E-state index contributed by atoms with van der Waals surface area (Å²) in [5, 5.41) is 24.0. The number of halogens is 2. The quantitative estimate of drug-likeness (QED) is 0.103. The third-order valence-corrected chi connectivity index (χ3v) is 11.4. The Kier molecular flexibility index (Phi) is 18.2. The Labute approximate surface area is 421 Å². The molecule has 10 aromatic rings. The molecular formula is C54H58B2I2N8O2. The van der Waals surface area contributed by atoms with E-state index in [0.717, 1.165) is 28.3 Å². The van der Waals surface area contributed by atoms with Gasteiger partial charge in [0.05, 0.1) is 22.1 Å². The first-order chi connectivity index (χ1) is 32.9. The molecule has 10 nitrogen and oxygen atoms in total. The summed E-state index contributed by atoms with van der Waals surface area (Å²) in [6.07, 6.45) is 7.53. The first-order valence-corrected chi connectivity index (χ1v) is 29.9. The summed E-state index contributed by atoms with van der Waals surface area (Å²) in [4.78, 5) is 21.2. The Morgan fingerprint density at radius 3 is 1.53 bits per heavy atom. The number of rotatable bonds is 0. The van der Waals surface area contributed by atoms with Crippen LogP contribution in [0, 0.1) is 27.7 Å². The van der Waals surface area contributed by atoms with E-state index in [1.807, 2.05) is 63.9 Å². The Morgan fingerprint density at radius 2 is 1.00 bits per heavy atom. The monoisotopic (exact) mass is 1130 g/mol. The zero-order valence-electron chi connectivity index (χ0n) is 41.3. The second-order valence-corrected chi connectivity index (χ2v) is 19.6. The van der Waals surface area contributed by atoms with Crippen molar-refractivity contribution in [2.75, 3.05) is 0 Å². The molecule has 0 atom stereocenters. The average molecular weight is 1130 g/mol. The molecule has 0 aliphatic carbocycles. The molecule has 0 unspecified atom stereocenters. The molecule has 0 amide bonds. The summed E-state index contributed by atoms with van der Waals surface area (Å²) in [6, 6.07) is 41.9. The summed E-state index contributed by atoms with van der Waals surface area (Å²) >= 11 is 2.24. The number of hydrogen-bond acceptors (Lipinski definition) is 6. The van der Waals surface area contributed by atoms with E-state index in [4.69, 9.17) is 15.8 Å². The van der Waals surface area contributed by atoms with E-state index < -0.39 is 7.12 Å². The number of aryl methyl sites for hydroxylation is 7. The van der Waals surface area contributed by atoms with Gasteiger partial charge in [0.25, 0.3) is 0 Å². The minimum Gasteiger partial charge on any atom is 1.00 e. The molecule has 12 rings (SSSR count). The standard InChI is InChI=1S/3C13H12N2.C12H10N2.C2H6.CH5BO2.BI2/c1-9-5-3-6-10-11-7-4-8-15(2)13(11)14-12(9)10;2*1-9-5-3-6-10-11-7-4-8-14-13(11)15(2)12(9)10;1-8-4-2-5-9-10-6-3-7-13-12(10)14-11(8)9;1-2;1-2(3)4;1-3-2/h3*3-8H,1-2H3;2-7H,1H3,(H,13,14);1-2H3;3-4H,1H3;/q;;;;;;-1/p+1. The molecule has 2 radical (unpaired) electrons. The molecule has 6 aromatic heterocycles. The molecule has 8 heterocycles. The number of benzene rings is 4. The van der Waals surface area contributed by atoms with Gasteiger partial charge in [0.1, 0.15) is 22.8 Å². The van der Waals surface area contributed by atoms with Crippen LogP contribution in [-0.2, 0) is 21.1 Å². The number of aromatic amines is 1. The molecule has 3 N–H and O–H groups in total. The van der Waals surface area contributed by atoms with Crippen LogP contribution in [0.15, 0.2) is 146 Å². The Balaban J connectivity index is 0.000000161. The number of H-pyrrole nitrogens is 1. The van der Waals surface area contributed by atoms with Gasteiger partial charge in [0.15, 0.2) is 0 Å². The first kappa shape index (κ1) is 51.6. The van der Waals surface area contributed by atoms with Crippen LogP contribution in [0.2, 0.25) is 6.82 Å². The maximum absolute atomic E-state index is 7.61. The van der Waals surface area contributed by atoms with E-state index in [2.05, 4.69) is 202 Å². The van der Waals surface area contributed by atoms with Crippen LogP contribution in [0.5, 0.6) is 0 Å². The zero-order valence-corrected chi connectivity index (χ0v) is 44.6. The predicted molar refractivity (Wildman–Crippen MR) is 295 cm³/mol. The number of pyridine rings is 4. The third kappa shape index (κ3) is 11.2. The number of hydrogen-bond donors (Lipinski definition) is 3. The van der Waals surface area contributed by atoms with Crippen molar-refractivity contribution in [3.8, 4) is 11.4 Å². The van der Waals surface area contributed by atoms with Crippen molar-refractivity contribution >= 4 is 108 Å². The van der Waals surface area contributed by atoms with Crippen molar-refractivity contribution in [3.05, 3.63) is 168 Å². The summed E-state index contributed by atoms with van der Waals surface area (Å²) in [5.74, 6) is 1.06. The summed E-state index contributed by atoms with van der Waals surface area (Å²) in [7, 11) is 5.01. The Bertz CT molecular complexity index is 3430. The number of nitrogens with one attached hydrogen (secondary N) is 1. The summed E-state index contributed by atoms with van der Waals surface area (Å²) < 4.78 is 6.40. The summed E-state index contributed by atoms with van der Waals surface area (Å²) in [6.45, 7) is 13.8. The molecule has 0 saturated carbocycles. The second-order valence-electron chi connectivity index (χ2n) is 16.0. The second kappa shape index (κ2) is 24.0. The van der Waals surface area contributed by atoms with Crippen LogP contribution in [0.4, 0.5) is 0 Å². The smallest absolute Gasteiger partial charge is 1.00 e. The van der Waals surface area contributed by atoms with Crippen molar-refractivity contribution in [1.29, 1.82) is 0 Å². The van der Waals surface area contributed by atoms with Gasteiger partial charge in [-0.2, -0.15) is 0 Å². The Morgan fingerprint density at radius 1 is 0.574 bits per heavy atom. The van der Waals surface area contributed by atoms with Gasteiger partial charge in [-0.1, -0.05) is 86.6 Å². The molecule has 2 aliphatic rings. The zero-order chi connectivity index (χ0) is 49.1. The van der Waals surface area contributed by atoms with E-state index in [9.17, 15) is 0 Å². The summed E-state index contributed by atoms with van der Waals surface area (Å²) in [5.41, 5.74) is 19.2. The van der Waals surface area contributed by atoms with E-state index >= 15 is 0 Å². The number of para-hydroxylation sites is 4. The number of fused-ring (bicyclic) bond motifs is 12. The van der Waals surface area contributed by atoms with Crippen LogP contribution in [0.3, 0.4) is 0 Å². The minimum absolute atomic E-state index is 0. The van der Waals surface area contributed by atoms with Gasteiger partial charge in [-0.05, 0) is 105 Å². The van der Waals surface area contributed by atoms with E-state index in [1.54, 1.807) is 0 Å². The van der Waals surface area contributed by atoms with E-state index in [0.29, 0.717) is 0 Å². The Hall–Kier alpha value is -5.81. The maximum Gasteiger partial charge on any atom is 1.00 e. The van der Waals surface area contributed by atoms with Gasteiger partial charge in [-0.25, -0.2) is 19.9 Å². The fourth-order valence-electron chi connectivity index (χ4n) is 8.59. The SMILES string of the molecule is CB(O)O.CC.Cc1cccc2c1[nH]c1ncccc12.Cc1cccc2c3cccn(C)c-3nc12.Cc1cccc2c3cccnc3n(C)c12.Cc1cccc2c3cccnc3n(C)c12.[B][I-]I.[H+]. The van der Waals surface area contributed by atoms with Gasteiger partial charge < -0.3 is 28.7 Å². The van der Waals surface area contributed by atoms with Crippen molar-refractivity contribution < 1.29 is 28.5 Å². The number of aromatic nitrogens is 8. The molecule has 0 spiro atoms. The molecular weight excluding hydrogens is 1070 g/mol. The normalized spacial score (nSPS) is 10.6. The molecule has 0 fully saturated rings. The topological polar surface area (TPSA) is 123 Å². The molecule has 346 valence electrons. The van der Waals surface area contributed by atoms with Crippen LogP contribution < -0.4 is 17.0 Å². The number of nitrogens with zero attached hydrogens (tertiary/aromatic N) is 7. The van der Waals surface area contributed by atoms with Gasteiger partial charge in [0.2, 0.25) is 0 Å². The average Bonchev–Trinajstić information content (AvgIpc) is 4.09.